The molecule has 0 aliphatic heterocycles. The third-order valence-corrected chi connectivity index (χ3v) is 12.5. The van der Waals surface area contributed by atoms with Gasteiger partial charge in [-0.25, -0.2) is 0 Å². The molecule has 0 aromatic heterocycles. The van der Waals surface area contributed by atoms with Gasteiger partial charge in [-0.05, 0) is 72.8 Å². The molecule has 0 rings (SSSR count). The maximum Gasteiger partial charge on any atom is 0.322 e. The first kappa shape index (κ1) is 38.0. The van der Waals surface area contributed by atoms with Crippen LogP contribution in [0.2, 0.25) is 51.4 Å². The van der Waals surface area contributed by atoms with Crippen LogP contribution in [-0.2, 0) is 23.2 Å². The average Bonchev–Trinajstić information content (AvgIpc) is 2.58. The Labute approximate surface area is 226 Å². The van der Waals surface area contributed by atoms with Crippen molar-refractivity contribution in [3.63, 3.8) is 0 Å². The minimum Gasteiger partial charge on any atom is -0.465 e. The van der Waals surface area contributed by atoms with Crippen LogP contribution in [0.1, 0.15) is 60.8 Å². The molecule has 0 radical (unpaired) electrons. The Morgan fingerprint density at radius 3 is 1.52 bits per heavy atom. The number of unbranched alkanes of at least 4 members (excludes halogenated alkanes) is 2. The molecule has 10 heteroatoms. The third kappa shape index (κ3) is 25.4. The van der Waals surface area contributed by atoms with Gasteiger partial charge in [0.25, 0.3) is 0 Å². The van der Waals surface area contributed by atoms with E-state index >= 15 is 0 Å². The van der Waals surface area contributed by atoms with E-state index in [2.05, 4.69) is 71.1 Å². The molecule has 0 saturated carbocycles. The molecule has 0 aromatic rings. The molecule has 0 atom stereocenters. The van der Waals surface area contributed by atoms with Gasteiger partial charge in [-0.1, -0.05) is 71.3 Å². The van der Waals surface area contributed by atoms with Crippen molar-refractivity contribution in [1.82, 2.24) is 0 Å². The molecule has 200 valence electrons. The largest absolute Gasteiger partial charge is 0.465 e. The number of halogens is 2. The first-order chi connectivity index (χ1) is 14.4. The van der Waals surface area contributed by atoms with Crippen molar-refractivity contribution in [2.45, 2.75) is 121 Å². The summed E-state index contributed by atoms with van der Waals surface area (Å²) in [6.07, 6.45) is 4.20. The van der Waals surface area contributed by atoms with Crippen molar-refractivity contribution in [2.75, 3.05) is 13.2 Å². The van der Waals surface area contributed by atoms with Crippen LogP contribution in [0.3, 0.4) is 0 Å². The van der Waals surface area contributed by atoms with E-state index < -0.39 is 34.8 Å². The molecule has 5 nitrogen and oxygen atoms in total. The highest BCUT2D eigenvalue weighted by molar-refractivity contribution is 9.10. The summed E-state index contributed by atoms with van der Waals surface area (Å²) in [5, 5.41) is 0. The minimum atomic E-state index is -1.47. The van der Waals surface area contributed by atoms with Gasteiger partial charge < -0.3 is 13.6 Å². The molecule has 33 heavy (non-hydrogen) atoms. The summed E-state index contributed by atoms with van der Waals surface area (Å²) in [7, 11) is -2.81. The first-order valence-electron chi connectivity index (χ1n) is 11.8. The van der Waals surface area contributed by atoms with Crippen LogP contribution in [0.5, 0.6) is 0 Å². The van der Waals surface area contributed by atoms with Crippen LogP contribution < -0.4 is 0 Å². The third-order valence-electron chi connectivity index (χ3n) is 4.34. The van der Waals surface area contributed by atoms with E-state index in [1.807, 2.05) is 0 Å². The number of carbonyl (C=O) groups excluding carboxylic acids is 2. The second-order valence-corrected chi connectivity index (χ2v) is 24.9. The summed E-state index contributed by atoms with van der Waals surface area (Å²) in [5.74, 6) is -0.357. The van der Waals surface area contributed by atoms with Crippen molar-refractivity contribution < 1.29 is 23.2 Å². The summed E-state index contributed by atoms with van der Waals surface area (Å²) < 4.78 is 15.3. The Balaban J connectivity index is -0.000000545. The molecule has 0 aliphatic rings. The van der Waals surface area contributed by atoms with Gasteiger partial charge in [-0.15, -0.1) is 0 Å². The Kier molecular flexibility index (Phi) is 21.6. The molecule has 0 unspecified atom stereocenters. The lowest BCUT2D eigenvalue weighted by molar-refractivity contribution is -0.146. The number of esters is 2. The topological polar surface area (TPSA) is 61.8 Å². The number of alkyl halides is 2. The van der Waals surface area contributed by atoms with Gasteiger partial charge in [0, 0.05) is 8.80 Å². The lowest BCUT2D eigenvalue weighted by Gasteiger charge is -2.25. The number of rotatable bonds is 14. The molecule has 0 aromatic carbocycles. The van der Waals surface area contributed by atoms with Crippen LogP contribution in [0.15, 0.2) is 0 Å². The maximum atomic E-state index is 11.5. The molecule has 0 bridgehead atoms. The summed E-state index contributed by atoms with van der Waals surface area (Å²) in [6.45, 7) is 21.9. The highest BCUT2D eigenvalue weighted by atomic mass is 79.9. The lowest BCUT2D eigenvalue weighted by Crippen LogP contribution is -2.35. The van der Waals surface area contributed by atoms with Crippen LogP contribution in [0.4, 0.5) is 0 Å². The summed E-state index contributed by atoms with van der Waals surface area (Å²) in [5.41, 5.74) is 0. The van der Waals surface area contributed by atoms with E-state index in [1.54, 1.807) is 27.7 Å². The Hall–Kier alpha value is 0.511. The van der Waals surface area contributed by atoms with E-state index in [9.17, 15) is 9.59 Å². The zero-order chi connectivity index (χ0) is 25.6. The normalized spacial score (nSPS) is 12.1. The molecular weight excluding hydrogens is 600 g/mol. The van der Waals surface area contributed by atoms with Gasteiger partial charge in [-0.3, -0.25) is 9.59 Å². The van der Waals surface area contributed by atoms with Gasteiger partial charge in [0.2, 0.25) is 0 Å². The van der Waals surface area contributed by atoms with Crippen molar-refractivity contribution in [1.29, 1.82) is 0 Å². The van der Waals surface area contributed by atoms with Gasteiger partial charge in [-0.2, -0.15) is 0 Å². The maximum absolute atomic E-state index is 11.5. The quantitative estimate of drug-likeness (QED) is 0.0854. The number of hydrogen-bond donors (Lipinski definition) is 0. The van der Waals surface area contributed by atoms with E-state index in [-0.39, 0.29) is 19.4 Å². The molecule has 0 amide bonds. The zero-order valence-electron chi connectivity index (χ0n) is 22.1. The summed E-state index contributed by atoms with van der Waals surface area (Å²) in [6, 6.07) is 2.49. The van der Waals surface area contributed by atoms with Crippen LogP contribution in [0, 0.1) is 0 Å². The van der Waals surface area contributed by atoms with E-state index in [0.717, 1.165) is 25.3 Å². The van der Waals surface area contributed by atoms with Gasteiger partial charge in [0.05, 0.1) is 13.2 Å². The fraction of sp³-hybridized carbons (Fsp3) is 0.913. The second-order valence-electron chi connectivity index (χ2n) is 10.5. The fourth-order valence-corrected chi connectivity index (χ4v) is 10.7. The Bertz CT molecular complexity index is 531. The monoisotopic (exact) mass is 650 g/mol. The zero-order valence-corrected chi connectivity index (χ0v) is 28.6. The summed E-state index contributed by atoms with van der Waals surface area (Å²) in [4.78, 5) is 22.8. The van der Waals surface area contributed by atoms with E-state index in [0.29, 0.717) is 13.2 Å². The molecule has 0 N–H and O–H groups in total. The smallest absolute Gasteiger partial charge is 0.322 e. The van der Waals surface area contributed by atoms with Crippen molar-refractivity contribution >= 4 is 70.0 Å². The average molecular weight is 653 g/mol. The highest BCUT2D eigenvalue weighted by Gasteiger charge is 2.26. The molecule has 0 fully saturated rings. The van der Waals surface area contributed by atoms with Crippen LogP contribution >= 0.6 is 31.9 Å². The molecule has 0 saturated heterocycles. The first-order valence-corrected chi connectivity index (χ1v) is 22.4. The Morgan fingerprint density at radius 1 is 0.788 bits per heavy atom. The lowest BCUT2D eigenvalue weighted by atomic mass is 10.2. The summed E-state index contributed by atoms with van der Waals surface area (Å²) >= 11 is 6.56. The van der Waals surface area contributed by atoms with Crippen molar-refractivity contribution in [2.24, 2.45) is 0 Å². The number of hydrogen-bond acceptors (Lipinski definition) is 5. The standard InChI is InChI=1S/C12H27BrO3Si2.C10H21BrO2Si.CH4/c1-12(2,13)11(14)15-9-7-8-10-18(5,6)16-17(3)4;1-10(2,11)9(12)13-7-5-6-8-14(3)4;/h17H,7-10H2,1-6H3;14H,5-8H2,1-4H3;1H4. The molecule has 0 heterocycles. The van der Waals surface area contributed by atoms with Gasteiger partial charge in [0.1, 0.15) is 8.65 Å². The van der Waals surface area contributed by atoms with Crippen molar-refractivity contribution in [3.05, 3.63) is 0 Å². The predicted octanol–water partition coefficient (Wildman–Crippen LogP) is 7.29. The van der Waals surface area contributed by atoms with Crippen LogP contribution in [0.25, 0.3) is 0 Å². The van der Waals surface area contributed by atoms with Crippen LogP contribution in [-0.4, -0.2) is 60.0 Å². The van der Waals surface area contributed by atoms with E-state index in [1.165, 1.54) is 12.5 Å². The fourth-order valence-electron chi connectivity index (χ4n) is 2.68. The Morgan fingerprint density at radius 2 is 1.18 bits per heavy atom. The van der Waals surface area contributed by atoms with E-state index in [4.69, 9.17) is 13.6 Å². The highest BCUT2D eigenvalue weighted by Crippen LogP contribution is 2.19. The van der Waals surface area contributed by atoms with Gasteiger partial charge in [0.15, 0.2) is 17.4 Å². The SMILES string of the molecule is C.C[SiH](C)CCCCOC(=O)C(C)(C)Br.C[SiH](C)O[Si](C)(C)CCCCOC(=O)C(C)(C)Br. The van der Waals surface area contributed by atoms with Crippen molar-refractivity contribution in [3.8, 4) is 0 Å². The molecule has 0 aliphatic carbocycles. The number of ether oxygens (including phenoxy) is 2. The predicted molar refractivity (Wildman–Crippen MR) is 159 cm³/mol. The second kappa shape index (κ2) is 18.7. The molecular formula is C23H52Br2O5Si3. The minimum absolute atomic E-state index is 0. The molecule has 0 spiro atoms. The number of carbonyl (C=O) groups is 2. The van der Waals surface area contributed by atoms with Gasteiger partial charge >= 0.3 is 11.9 Å².